The van der Waals surface area contributed by atoms with Gasteiger partial charge in [0.2, 0.25) is 0 Å². The fraction of sp³-hybridized carbons (Fsp3) is 0.571. The standard InChI is InChI=1S/C21H29NO4S/c1-15-7-11-18(12-8-15)26-27(25)22-14-20-17-10-9-16(13-17)19(20)5-3-2-4-6-21(23)24/h3,5,7-8,11-12,16-17,19-20,22H,2,4,6,9-10,13-14H2,1H3,(H,23,24)/t16?,17?,19?,20-,27?/m0/s1. The lowest BCUT2D eigenvalue weighted by molar-refractivity contribution is -0.137. The van der Waals surface area contributed by atoms with Crippen LogP contribution in [0, 0.1) is 30.6 Å². The molecular formula is C21H29NO4S. The molecule has 2 aliphatic rings. The summed E-state index contributed by atoms with van der Waals surface area (Å²) in [5, 5.41) is 8.72. The number of carboxylic acids is 1. The van der Waals surface area contributed by atoms with Crippen molar-refractivity contribution in [3.63, 3.8) is 0 Å². The highest BCUT2D eigenvalue weighted by atomic mass is 32.2. The number of carbonyl (C=O) groups is 1. The topological polar surface area (TPSA) is 75.6 Å². The summed E-state index contributed by atoms with van der Waals surface area (Å²) < 4.78 is 20.8. The summed E-state index contributed by atoms with van der Waals surface area (Å²) in [6.45, 7) is 2.69. The van der Waals surface area contributed by atoms with E-state index in [9.17, 15) is 9.00 Å². The van der Waals surface area contributed by atoms with Crippen LogP contribution in [0.4, 0.5) is 0 Å². The van der Waals surface area contributed by atoms with Crippen LogP contribution in [0.25, 0.3) is 0 Å². The van der Waals surface area contributed by atoms with Gasteiger partial charge < -0.3 is 9.29 Å². The van der Waals surface area contributed by atoms with Crippen molar-refractivity contribution in [2.24, 2.45) is 23.7 Å². The Hall–Kier alpha value is -1.66. The van der Waals surface area contributed by atoms with Crippen LogP contribution in [0.2, 0.25) is 0 Å². The molecular weight excluding hydrogens is 362 g/mol. The van der Waals surface area contributed by atoms with Crippen LogP contribution >= 0.6 is 0 Å². The molecule has 1 aromatic rings. The van der Waals surface area contributed by atoms with Gasteiger partial charge in [-0.25, -0.2) is 4.72 Å². The van der Waals surface area contributed by atoms with Crippen molar-refractivity contribution >= 4 is 17.2 Å². The molecule has 0 amide bonds. The molecule has 27 heavy (non-hydrogen) atoms. The second kappa shape index (κ2) is 9.51. The lowest BCUT2D eigenvalue weighted by atomic mass is 9.79. The van der Waals surface area contributed by atoms with Crippen molar-refractivity contribution in [2.75, 3.05) is 6.54 Å². The van der Waals surface area contributed by atoms with E-state index >= 15 is 0 Å². The van der Waals surface area contributed by atoms with Gasteiger partial charge >= 0.3 is 5.97 Å². The van der Waals surface area contributed by atoms with Crippen LogP contribution in [-0.2, 0) is 16.1 Å². The lowest BCUT2D eigenvalue weighted by Gasteiger charge is -2.29. The van der Waals surface area contributed by atoms with Crippen LogP contribution in [0.3, 0.4) is 0 Å². The summed E-state index contributed by atoms with van der Waals surface area (Å²) in [6, 6.07) is 7.53. The second-order valence-electron chi connectivity index (χ2n) is 7.77. The quantitative estimate of drug-likeness (QED) is 0.467. The summed E-state index contributed by atoms with van der Waals surface area (Å²) in [5.41, 5.74) is 1.14. The van der Waals surface area contributed by atoms with E-state index in [2.05, 4.69) is 16.9 Å². The molecule has 2 aliphatic carbocycles. The molecule has 0 saturated heterocycles. The maximum Gasteiger partial charge on any atom is 0.303 e. The van der Waals surface area contributed by atoms with E-state index in [0.717, 1.165) is 12.0 Å². The fourth-order valence-electron chi connectivity index (χ4n) is 4.56. The highest BCUT2D eigenvalue weighted by molar-refractivity contribution is 7.78. The number of allylic oxidation sites excluding steroid dienone is 2. The van der Waals surface area contributed by atoms with Gasteiger partial charge in [0.05, 0.1) is 0 Å². The first-order valence-electron chi connectivity index (χ1n) is 9.81. The van der Waals surface area contributed by atoms with Gasteiger partial charge in [0.15, 0.2) is 0 Å². The predicted molar refractivity (Wildman–Crippen MR) is 106 cm³/mol. The second-order valence-corrected chi connectivity index (χ2v) is 8.69. The zero-order valence-electron chi connectivity index (χ0n) is 15.8. The van der Waals surface area contributed by atoms with Gasteiger partial charge in [0, 0.05) is 13.0 Å². The Morgan fingerprint density at radius 2 is 2.04 bits per heavy atom. The van der Waals surface area contributed by atoms with Gasteiger partial charge in [-0.15, -0.1) is 0 Å². The highest BCUT2D eigenvalue weighted by Gasteiger charge is 2.46. The molecule has 2 bridgehead atoms. The number of nitrogens with one attached hydrogen (secondary N) is 1. The molecule has 0 heterocycles. The van der Waals surface area contributed by atoms with Gasteiger partial charge in [-0.1, -0.05) is 29.8 Å². The molecule has 5 atom stereocenters. The molecule has 5 nitrogen and oxygen atoms in total. The molecule has 0 radical (unpaired) electrons. The Balaban J connectivity index is 1.48. The molecule has 2 fully saturated rings. The molecule has 0 spiro atoms. The van der Waals surface area contributed by atoms with Gasteiger partial charge in [-0.3, -0.25) is 4.79 Å². The number of rotatable bonds is 10. The van der Waals surface area contributed by atoms with Gasteiger partial charge in [0.1, 0.15) is 5.75 Å². The molecule has 4 unspecified atom stereocenters. The smallest absolute Gasteiger partial charge is 0.303 e. The first-order valence-corrected chi connectivity index (χ1v) is 10.9. The number of hydrogen-bond donors (Lipinski definition) is 2. The average molecular weight is 392 g/mol. The van der Waals surface area contributed by atoms with Crippen molar-refractivity contribution < 1.29 is 18.3 Å². The van der Waals surface area contributed by atoms with Crippen molar-refractivity contribution in [1.82, 2.24) is 4.72 Å². The van der Waals surface area contributed by atoms with Gasteiger partial charge in [0.25, 0.3) is 11.3 Å². The minimum atomic E-state index is -1.54. The first kappa shape index (κ1) is 20.1. The van der Waals surface area contributed by atoms with E-state index in [-0.39, 0.29) is 6.42 Å². The van der Waals surface area contributed by atoms with E-state index in [1.54, 1.807) is 0 Å². The molecule has 2 saturated carbocycles. The molecule has 148 valence electrons. The Kier molecular flexibility index (Phi) is 7.07. The third-order valence-corrected chi connectivity index (χ3v) is 6.65. The molecule has 0 aliphatic heterocycles. The van der Waals surface area contributed by atoms with Crippen LogP contribution in [0.15, 0.2) is 36.4 Å². The number of aliphatic carboxylic acids is 1. The van der Waals surface area contributed by atoms with Gasteiger partial charge in [-0.05, 0) is 74.8 Å². The summed E-state index contributed by atoms with van der Waals surface area (Å²) in [7, 11) is 0. The predicted octanol–water partition coefficient (Wildman–Crippen LogP) is 4.02. The number of carboxylic acid groups (broad SMARTS) is 1. The summed E-state index contributed by atoms with van der Waals surface area (Å²) >= 11 is -1.54. The largest absolute Gasteiger partial charge is 0.481 e. The molecule has 6 heteroatoms. The normalized spacial score (nSPS) is 27.9. The Morgan fingerprint density at radius 1 is 1.30 bits per heavy atom. The minimum Gasteiger partial charge on any atom is -0.481 e. The fourth-order valence-corrected chi connectivity index (χ4v) is 5.23. The van der Waals surface area contributed by atoms with Crippen molar-refractivity contribution in [3.05, 3.63) is 42.0 Å². The van der Waals surface area contributed by atoms with Crippen LogP contribution in [0.5, 0.6) is 5.75 Å². The Bertz CT molecular complexity index is 688. The van der Waals surface area contributed by atoms with E-state index < -0.39 is 17.2 Å². The monoisotopic (exact) mass is 391 g/mol. The van der Waals surface area contributed by atoms with Crippen molar-refractivity contribution in [1.29, 1.82) is 0 Å². The highest BCUT2D eigenvalue weighted by Crippen LogP contribution is 2.52. The van der Waals surface area contributed by atoms with Crippen LogP contribution in [0.1, 0.15) is 44.1 Å². The molecule has 1 aromatic carbocycles. The average Bonchev–Trinajstić information content (AvgIpc) is 3.23. The number of aryl methyl sites for hydroxylation is 1. The Labute approximate surface area is 164 Å². The van der Waals surface area contributed by atoms with Crippen molar-refractivity contribution in [3.8, 4) is 5.75 Å². The van der Waals surface area contributed by atoms with Crippen LogP contribution < -0.4 is 8.91 Å². The summed E-state index contributed by atoms with van der Waals surface area (Å²) in [4.78, 5) is 10.6. The number of hydrogen-bond acceptors (Lipinski definition) is 3. The third-order valence-electron chi connectivity index (χ3n) is 5.91. The minimum absolute atomic E-state index is 0.224. The van der Waals surface area contributed by atoms with Crippen LogP contribution in [-0.4, -0.2) is 21.8 Å². The SMILES string of the molecule is Cc1ccc(OS(=O)NC[C@H]2C3CCC(C3)C2C=CCCCC(=O)O)cc1. The van der Waals surface area contributed by atoms with Gasteiger partial charge in [-0.2, -0.15) is 4.21 Å². The molecule has 3 rings (SSSR count). The maximum absolute atomic E-state index is 12.2. The Morgan fingerprint density at radius 3 is 2.78 bits per heavy atom. The van der Waals surface area contributed by atoms with E-state index in [4.69, 9.17) is 9.29 Å². The van der Waals surface area contributed by atoms with E-state index in [1.807, 2.05) is 31.2 Å². The maximum atomic E-state index is 12.2. The summed E-state index contributed by atoms with van der Waals surface area (Å²) in [5.74, 6) is 2.25. The van der Waals surface area contributed by atoms with Crippen molar-refractivity contribution in [2.45, 2.75) is 45.4 Å². The lowest BCUT2D eigenvalue weighted by Crippen LogP contribution is -2.34. The number of benzene rings is 1. The first-order chi connectivity index (χ1) is 13.0. The molecule has 0 aromatic heterocycles. The van der Waals surface area contributed by atoms with E-state index in [1.165, 1.54) is 19.3 Å². The number of fused-ring (bicyclic) bond motifs is 2. The summed E-state index contributed by atoms with van der Waals surface area (Å²) in [6.07, 6.45) is 9.92. The van der Waals surface area contributed by atoms with E-state index in [0.29, 0.717) is 42.4 Å². The zero-order valence-corrected chi connectivity index (χ0v) is 16.6. The third kappa shape index (κ3) is 5.66. The number of unbranched alkanes of at least 4 members (excludes halogenated alkanes) is 1. The molecule has 2 N–H and O–H groups in total. The zero-order chi connectivity index (χ0) is 19.2.